The Labute approximate surface area is 158 Å². The summed E-state index contributed by atoms with van der Waals surface area (Å²) in [6.07, 6.45) is 1.21. The fraction of sp³-hybridized carbons (Fsp3) is 0.250. The van der Waals surface area contributed by atoms with Crippen LogP contribution in [-0.4, -0.2) is 26.3 Å². The van der Waals surface area contributed by atoms with Crippen LogP contribution in [0.4, 0.5) is 0 Å². The van der Waals surface area contributed by atoms with E-state index < -0.39 is 10.0 Å². The summed E-state index contributed by atoms with van der Waals surface area (Å²) in [4.78, 5) is 14.9. The van der Waals surface area contributed by atoms with Gasteiger partial charge < -0.3 is 9.72 Å². The molecule has 0 saturated carbocycles. The van der Waals surface area contributed by atoms with Crippen LogP contribution in [-0.2, 0) is 23.0 Å². The van der Waals surface area contributed by atoms with Crippen LogP contribution < -0.4 is 15.0 Å². The quantitative estimate of drug-likeness (QED) is 0.623. The maximum atomic E-state index is 12.2. The number of ether oxygens (including phenoxy) is 1. The van der Waals surface area contributed by atoms with Crippen molar-refractivity contribution in [2.45, 2.75) is 19.4 Å². The summed E-state index contributed by atoms with van der Waals surface area (Å²) in [6, 6.07) is 16.7. The molecule has 142 valence electrons. The second-order valence-electron chi connectivity index (χ2n) is 6.31. The first kappa shape index (κ1) is 19.1. The van der Waals surface area contributed by atoms with Crippen LogP contribution in [0.15, 0.2) is 59.4 Å². The Balaban J connectivity index is 1.64. The fourth-order valence-electron chi connectivity index (χ4n) is 2.86. The molecule has 0 atom stereocenters. The number of hydrogen-bond donors (Lipinski definition) is 2. The van der Waals surface area contributed by atoms with Gasteiger partial charge in [0.1, 0.15) is 5.75 Å². The highest BCUT2D eigenvalue weighted by Gasteiger charge is 2.12. The summed E-state index contributed by atoms with van der Waals surface area (Å²) in [7, 11) is -1.89. The Bertz CT molecular complexity index is 1080. The first-order chi connectivity index (χ1) is 13.0. The van der Waals surface area contributed by atoms with Gasteiger partial charge in [-0.3, -0.25) is 4.79 Å². The predicted octanol–water partition coefficient (Wildman–Crippen LogP) is 2.59. The summed E-state index contributed by atoms with van der Waals surface area (Å²) in [5.74, 6) is 0.684. The van der Waals surface area contributed by atoms with Gasteiger partial charge >= 0.3 is 0 Å². The van der Waals surface area contributed by atoms with Crippen molar-refractivity contribution in [1.82, 2.24) is 9.71 Å². The normalized spacial score (nSPS) is 11.6. The maximum Gasteiger partial charge on any atom is 0.252 e. The molecule has 7 heteroatoms. The van der Waals surface area contributed by atoms with E-state index in [9.17, 15) is 13.2 Å². The van der Waals surface area contributed by atoms with E-state index in [1.54, 1.807) is 31.4 Å². The van der Waals surface area contributed by atoms with Crippen molar-refractivity contribution >= 4 is 20.9 Å². The number of aryl methyl sites for hydroxylation is 1. The van der Waals surface area contributed by atoms with E-state index in [1.165, 1.54) is 0 Å². The van der Waals surface area contributed by atoms with Gasteiger partial charge in [0, 0.05) is 23.0 Å². The van der Waals surface area contributed by atoms with Crippen LogP contribution in [0.3, 0.4) is 0 Å². The molecule has 6 nitrogen and oxygen atoms in total. The fourth-order valence-corrected chi connectivity index (χ4v) is 3.90. The van der Waals surface area contributed by atoms with Gasteiger partial charge in [0.15, 0.2) is 0 Å². The number of fused-ring (bicyclic) bond motifs is 1. The molecule has 2 aromatic carbocycles. The minimum absolute atomic E-state index is 0.0151. The zero-order valence-corrected chi connectivity index (χ0v) is 15.9. The summed E-state index contributed by atoms with van der Waals surface area (Å²) < 4.78 is 32.2. The number of aromatic nitrogens is 1. The highest BCUT2D eigenvalue weighted by molar-refractivity contribution is 7.89. The van der Waals surface area contributed by atoms with Crippen LogP contribution in [0.5, 0.6) is 5.75 Å². The van der Waals surface area contributed by atoms with Gasteiger partial charge in [-0.1, -0.05) is 30.3 Å². The van der Waals surface area contributed by atoms with E-state index in [4.69, 9.17) is 4.74 Å². The van der Waals surface area contributed by atoms with Crippen LogP contribution >= 0.6 is 0 Å². The number of benzene rings is 2. The highest BCUT2D eigenvalue weighted by atomic mass is 32.2. The number of nitrogens with one attached hydrogen (secondary N) is 2. The van der Waals surface area contributed by atoms with Gasteiger partial charge in [-0.2, -0.15) is 0 Å². The SMILES string of the molecule is COc1ccc2[nH]c(=O)c(CNS(=O)(=O)CCCc3ccccc3)cc2c1. The second kappa shape index (κ2) is 8.37. The zero-order chi connectivity index (χ0) is 19.3. The van der Waals surface area contributed by atoms with E-state index in [0.29, 0.717) is 29.7 Å². The molecule has 3 rings (SSSR count). The monoisotopic (exact) mass is 386 g/mol. The van der Waals surface area contributed by atoms with Crippen LogP contribution in [0, 0.1) is 0 Å². The number of methoxy groups -OCH3 is 1. The number of pyridine rings is 1. The van der Waals surface area contributed by atoms with Crippen LogP contribution in [0.25, 0.3) is 10.9 Å². The molecule has 0 aliphatic carbocycles. The Hall–Kier alpha value is -2.64. The lowest BCUT2D eigenvalue weighted by atomic mass is 10.1. The third kappa shape index (κ3) is 5.18. The topological polar surface area (TPSA) is 88.3 Å². The Morgan fingerprint density at radius 3 is 2.59 bits per heavy atom. The molecule has 0 unspecified atom stereocenters. The molecule has 0 saturated heterocycles. The lowest BCUT2D eigenvalue weighted by Crippen LogP contribution is -2.29. The standard InChI is InChI=1S/C20H22N2O4S/c1-26-18-9-10-19-16(13-18)12-17(20(23)22-19)14-21-27(24,25)11-5-8-15-6-3-2-4-7-15/h2-4,6-7,9-10,12-13,21H,5,8,11,14H2,1H3,(H,22,23). The molecule has 0 spiro atoms. The van der Waals surface area contributed by atoms with Crippen molar-refractivity contribution in [2.24, 2.45) is 0 Å². The van der Waals surface area contributed by atoms with Gasteiger partial charge in [0.2, 0.25) is 10.0 Å². The average Bonchev–Trinajstić information content (AvgIpc) is 2.67. The van der Waals surface area contributed by atoms with E-state index in [1.807, 2.05) is 30.3 Å². The lowest BCUT2D eigenvalue weighted by Gasteiger charge is -2.08. The summed E-state index contributed by atoms with van der Waals surface area (Å²) in [5, 5.41) is 0.784. The number of rotatable bonds is 8. The summed E-state index contributed by atoms with van der Waals surface area (Å²) in [5.41, 5.74) is 1.84. The molecule has 0 aliphatic rings. The Morgan fingerprint density at radius 1 is 1.07 bits per heavy atom. The van der Waals surface area contributed by atoms with Crippen molar-refractivity contribution in [3.63, 3.8) is 0 Å². The molecule has 0 bridgehead atoms. The first-order valence-corrected chi connectivity index (χ1v) is 10.3. The van der Waals surface area contributed by atoms with Crippen molar-refractivity contribution in [2.75, 3.05) is 12.9 Å². The van der Waals surface area contributed by atoms with Crippen molar-refractivity contribution in [1.29, 1.82) is 0 Å². The minimum Gasteiger partial charge on any atom is -0.497 e. The average molecular weight is 386 g/mol. The first-order valence-electron chi connectivity index (χ1n) is 8.68. The highest BCUT2D eigenvalue weighted by Crippen LogP contribution is 2.18. The van der Waals surface area contributed by atoms with Gasteiger partial charge in [-0.15, -0.1) is 0 Å². The molecule has 0 aliphatic heterocycles. The molecular formula is C20H22N2O4S. The van der Waals surface area contributed by atoms with Gasteiger partial charge in [-0.05, 0) is 42.7 Å². The van der Waals surface area contributed by atoms with Crippen molar-refractivity contribution in [3.05, 3.63) is 76.1 Å². The number of H-pyrrole nitrogens is 1. The maximum absolute atomic E-state index is 12.2. The number of hydrogen-bond acceptors (Lipinski definition) is 4. The molecule has 2 N–H and O–H groups in total. The van der Waals surface area contributed by atoms with E-state index in [2.05, 4.69) is 9.71 Å². The molecule has 0 fully saturated rings. The zero-order valence-electron chi connectivity index (χ0n) is 15.1. The van der Waals surface area contributed by atoms with Gasteiger partial charge in [-0.25, -0.2) is 13.1 Å². The van der Waals surface area contributed by atoms with E-state index in [-0.39, 0.29) is 17.9 Å². The third-order valence-electron chi connectivity index (χ3n) is 4.33. The predicted molar refractivity (Wildman–Crippen MR) is 107 cm³/mol. The molecule has 0 radical (unpaired) electrons. The van der Waals surface area contributed by atoms with Crippen LogP contribution in [0.2, 0.25) is 0 Å². The second-order valence-corrected chi connectivity index (χ2v) is 8.23. The molecular weight excluding hydrogens is 364 g/mol. The van der Waals surface area contributed by atoms with Gasteiger partial charge in [0.05, 0.1) is 12.9 Å². The van der Waals surface area contributed by atoms with Crippen molar-refractivity contribution in [3.8, 4) is 5.75 Å². The summed E-state index contributed by atoms with van der Waals surface area (Å²) >= 11 is 0. The third-order valence-corrected chi connectivity index (χ3v) is 5.74. The molecule has 1 heterocycles. The molecule has 3 aromatic rings. The summed E-state index contributed by atoms with van der Waals surface area (Å²) in [6.45, 7) is -0.0455. The van der Waals surface area contributed by atoms with E-state index >= 15 is 0 Å². The van der Waals surface area contributed by atoms with Gasteiger partial charge in [0.25, 0.3) is 5.56 Å². The number of sulfonamides is 1. The smallest absolute Gasteiger partial charge is 0.252 e. The van der Waals surface area contributed by atoms with E-state index in [0.717, 1.165) is 10.9 Å². The minimum atomic E-state index is -3.46. The van der Waals surface area contributed by atoms with Crippen molar-refractivity contribution < 1.29 is 13.2 Å². The Kier molecular flexibility index (Phi) is 5.93. The van der Waals surface area contributed by atoms with Crippen LogP contribution in [0.1, 0.15) is 17.5 Å². The molecule has 0 amide bonds. The molecule has 27 heavy (non-hydrogen) atoms. The largest absolute Gasteiger partial charge is 0.497 e. The Morgan fingerprint density at radius 2 is 1.85 bits per heavy atom. The molecule has 1 aromatic heterocycles. The number of aromatic amines is 1. The lowest BCUT2D eigenvalue weighted by molar-refractivity contribution is 0.415.